The maximum Gasteiger partial charge on any atom is 0.0841 e. The topological polar surface area (TPSA) is 43.8 Å². The minimum atomic E-state index is 0.765. The first-order chi connectivity index (χ1) is 5.70. The number of nitrogen functional groups attached to an aromatic ring is 1. The van der Waals surface area contributed by atoms with Crippen molar-refractivity contribution >= 4 is 32.5 Å². The molecule has 2 rings (SSSR count). The van der Waals surface area contributed by atoms with Crippen molar-refractivity contribution < 1.29 is 0 Å². The van der Waals surface area contributed by atoms with E-state index in [1.165, 1.54) is 0 Å². The minimum absolute atomic E-state index is 0.765. The first kappa shape index (κ1) is 7.61. The van der Waals surface area contributed by atoms with Crippen LogP contribution in [0.2, 0.25) is 0 Å². The molecule has 0 fully saturated rings. The zero-order valence-electron chi connectivity index (χ0n) is 6.58. The Bertz CT molecular complexity index is 433. The van der Waals surface area contributed by atoms with Crippen molar-refractivity contribution in [3.63, 3.8) is 0 Å². The van der Waals surface area contributed by atoms with E-state index in [0.29, 0.717) is 0 Å². The Morgan fingerprint density at radius 2 is 2.25 bits per heavy atom. The van der Waals surface area contributed by atoms with Gasteiger partial charge >= 0.3 is 0 Å². The second-order valence-corrected chi connectivity index (χ2v) is 3.52. The van der Waals surface area contributed by atoms with Crippen molar-refractivity contribution in [2.24, 2.45) is 7.05 Å². The lowest BCUT2D eigenvalue weighted by molar-refractivity contribution is 0.795. The summed E-state index contributed by atoms with van der Waals surface area (Å²) in [5.41, 5.74) is 7.57. The van der Waals surface area contributed by atoms with E-state index < -0.39 is 0 Å². The van der Waals surface area contributed by atoms with Crippen LogP contribution in [0, 0.1) is 0 Å². The fourth-order valence-electron chi connectivity index (χ4n) is 1.26. The summed E-state index contributed by atoms with van der Waals surface area (Å²) in [6.45, 7) is 0. The van der Waals surface area contributed by atoms with Crippen LogP contribution in [-0.2, 0) is 7.05 Å². The molecule has 0 unspecified atom stereocenters. The van der Waals surface area contributed by atoms with Crippen molar-refractivity contribution in [3.8, 4) is 0 Å². The van der Waals surface area contributed by atoms with E-state index in [-0.39, 0.29) is 0 Å². The molecule has 2 aromatic rings. The van der Waals surface area contributed by atoms with Gasteiger partial charge in [0.2, 0.25) is 0 Å². The molecule has 12 heavy (non-hydrogen) atoms. The molecule has 0 bridgehead atoms. The summed E-state index contributed by atoms with van der Waals surface area (Å²) in [4.78, 5) is 0. The van der Waals surface area contributed by atoms with Crippen LogP contribution in [0.3, 0.4) is 0 Å². The van der Waals surface area contributed by atoms with E-state index in [1.807, 2.05) is 19.2 Å². The van der Waals surface area contributed by atoms with E-state index in [2.05, 4.69) is 21.0 Å². The zero-order chi connectivity index (χ0) is 8.72. The largest absolute Gasteiger partial charge is 0.398 e. The van der Waals surface area contributed by atoms with Gasteiger partial charge in [-0.25, -0.2) is 0 Å². The predicted molar refractivity (Wildman–Crippen MR) is 52.8 cm³/mol. The summed E-state index contributed by atoms with van der Waals surface area (Å²) in [7, 11) is 1.90. The number of nitrogens with two attached hydrogens (primary N) is 1. The minimum Gasteiger partial charge on any atom is -0.398 e. The van der Waals surface area contributed by atoms with Crippen molar-refractivity contribution in [2.75, 3.05) is 5.73 Å². The van der Waals surface area contributed by atoms with Crippen molar-refractivity contribution in [3.05, 3.63) is 22.8 Å². The van der Waals surface area contributed by atoms with E-state index in [1.54, 1.807) is 10.9 Å². The Morgan fingerprint density at radius 1 is 1.50 bits per heavy atom. The molecule has 1 heterocycles. The standard InChI is InChI=1S/C8H8BrN3/c1-12-8-5(4-11-12)7(10)3-2-6(8)9/h2-4H,10H2,1H3. The van der Waals surface area contributed by atoms with Crippen LogP contribution in [0.5, 0.6) is 0 Å². The van der Waals surface area contributed by atoms with Crippen molar-refractivity contribution in [2.45, 2.75) is 0 Å². The van der Waals surface area contributed by atoms with E-state index >= 15 is 0 Å². The second kappa shape index (κ2) is 2.48. The maximum absolute atomic E-state index is 5.76. The Balaban J connectivity index is 2.98. The van der Waals surface area contributed by atoms with Gasteiger partial charge in [-0.2, -0.15) is 5.10 Å². The number of halogens is 1. The summed E-state index contributed by atoms with van der Waals surface area (Å²) in [6, 6.07) is 3.80. The molecule has 1 aromatic carbocycles. The maximum atomic E-state index is 5.76. The number of rotatable bonds is 0. The van der Waals surface area contributed by atoms with E-state index in [9.17, 15) is 0 Å². The van der Waals surface area contributed by atoms with Gasteiger partial charge in [0.15, 0.2) is 0 Å². The first-order valence-electron chi connectivity index (χ1n) is 3.56. The first-order valence-corrected chi connectivity index (χ1v) is 4.35. The third-order valence-electron chi connectivity index (χ3n) is 1.89. The number of nitrogens with zero attached hydrogens (tertiary/aromatic N) is 2. The number of benzene rings is 1. The molecule has 3 nitrogen and oxygen atoms in total. The van der Waals surface area contributed by atoms with Crippen LogP contribution < -0.4 is 5.73 Å². The van der Waals surface area contributed by atoms with Crippen LogP contribution in [0.4, 0.5) is 5.69 Å². The van der Waals surface area contributed by atoms with E-state index in [4.69, 9.17) is 5.73 Å². The summed E-state index contributed by atoms with van der Waals surface area (Å²) in [6.07, 6.45) is 1.77. The molecule has 0 saturated carbocycles. The van der Waals surface area contributed by atoms with Crippen molar-refractivity contribution in [1.29, 1.82) is 0 Å². The molecule has 0 aliphatic rings. The predicted octanol–water partition coefficient (Wildman–Crippen LogP) is 1.92. The van der Waals surface area contributed by atoms with Crippen LogP contribution in [0.15, 0.2) is 22.8 Å². The summed E-state index contributed by atoms with van der Waals surface area (Å²) >= 11 is 3.44. The number of aromatic nitrogens is 2. The molecule has 0 amide bonds. The van der Waals surface area contributed by atoms with E-state index in [0.717, 1.165) is 21.1 Å². The third kappa shape index (κ3) is 0.914. The highest BCUT2D eigenvalue weighted by atomic mass is 79.9. The lowest BCUT2D eigenvalue weighted by Crippen LogP contribution is -1.91. The lowest BCUT2D eigenvalue weighted by Gasteiger charge is -1.99. The van der Waals surface area contributed by atoms with Crippen molar-refractivity contribution in [1.82, 2.24) is 9.78 Å². The van der Waals surface area contributed by atoms with Crippen LogP contribution in [-0.4, -0.2) is 9.78 Å². The summed E-state index contributed by atoms with van der Waals surface area (Å²) in [5.74, 6) is 0. The van der Waals surface area contributed by atoms with Gasteiger partial charge in [0, 0.05) is 22.6 Å². The molecule has 1 aromatic heterocycles. The Labute approximate surface area is 78.3 Å². The van der Waals surface area contributed by atoms with Crippen LogP contribution in [0.1, 0.15) is 0 Å². The molecule has 0 aliphatic carbocycles. The van der Waals surface area contributed by atoms with Crippen LogP contribution in [0.25, 0.3) is 10.9 Å². The number of fused-ring (bicyclic) bond motifs is 1. The molecular weight excluding hydrogens is 218 g/mol. The molecule has 4 heteroatoms. The SMILES string of the molecule is Cn1ncc2c(N)ccc(Br)c21. The molecule has 2 N–H and O–H groups in total. The molecule has 0 saturated heterocycles. The Hall–Kier alpha value is -1.03. The number of hydrogen-bond donors (Lipinski definition) is 1. The Kier molecular flexibility index (Phi) is 1.58. The monoisotopic (exact) mass is 225 g/mol. The number of anilines is 1. The smallest absolute Gasteiger partial charge is 0.0841 e. The summed E-state index contributed by atoms with van der Waals surface area (Å²) in [5, 5.41) is 5.12. The highest BCUT2D eigenvalue weighted by Gasteiger charge is 2.05. The average Bonchev–Trinajstić information content (AvgIpc) is 2.42. The van der Waals surface area contributed by atoms with Gasteiger partial charge in [-0.05, 0) is 28.1 Å². The number of hydrogen-bond acceptors (Lipinski definition) is 2. The Morgan fingerprint density at radius 3 is 2.92 bits per heavy atom. The van der Waals surface area contributed by atoms with Gasteiger partial charge in [-0.3, -0.25) is 4.68 Å². The molecule has 0 atom stereocenters. The van der Waals surface area contributed by atoms with Gasteiger partial charge < -0.3 is 5.73 Å². The molecule has 0 spiro atoms. The van der Waals surface area contributed by atoms with Gasteiger partial charge in [0.25, 0.3) is 0 Å². The summed E-state index contributed by atoms with van der Waals surface area (Å²) < 4.78 is 2.82. The van der Waals surface area contributed by atoms with Gasteiger partial charge in [0.1, 0.15) is 0 Å². The lowest BCUT2D eigenvalue weighted by atomic mass is 10.2. The normalized spacial score (nSPS) is 10.8. The molecule has 0 radical (unpaired) electrons. The molecule has 0 aliphatic heterocycles. The molecular formula is C8H8BrN3. The van der Waals surface area contributed by atoms with Gasteiger partial charge in [-0.1, -0.05) is 0 Å². The van der Waals surface area contributed by atoms with Gasteiger partial charge in [0.05, 0.1) is 11.7 Å². The second-order valence-electron chi connectivity index (χ2n) is 2.67. The average molecular weight is 226 g/mol. The fraction of sp³-hybridized carbons (Fsp3) is 0.125. The molecule has 62 valence electrons. The number of aryl methyl sites for hydroxylation is 1. The van der Waals surface area contributed by atoms with Gasteiger partial charge in [-0.15, -0.1) is 0 Å². The third-order valence-corrected chi connectivity index (χ3v) is 2.53. The quantitative estimate of drug-likeness (QED) is 0.697. The zero-order valence-corrected chi connectivity index (χ0v) is 8.17. The highest BCUT2D eigenvalue weighted by molar-refractivity contribution is 9.10. The van der Waals surface area contributed by atoms with Crippen LogP contribution >= 0.6 is 15.9 Å². The fourth-order valence-corrected chi connectivity index (χ4v) is 1.87. The highest BCUT2D eigenvalue weighted by Crippen LogP contribution is 2.27.